The normalized spacial score (nSPS) is 14.5. The van der Waals surface area contributed by atoms with Crippen molar-refractivity contribution >= 4 is 40.1 Å². The molecule has 1 aliphatic rings. The number of alkyl halides is 3. The zero-order valence-corrected chi connectivity index (χ0v) is 17.8. The molecule has 0 saturated heterocycles. The topological polar surface area (TPSA) is 72.4 Å². The Labute approximate surface area is 188 Å². The van der Waals surface area contributed by atoms with Gasteiger partial charge in [0.1, 0.15) is 6.54 Å². The van der Waals surface area contributed by atoms with E-state index >= 15 is 0 Å². The first-order chi connectivity index (χ1) is 15.8. The van der Waals surface area contributed by atoms with E-state index in [1.165, 1.54) is 6.07 Å². The summed E-state index contributed by atoms with van der Waals surface area (Å²) in [5.74, 6) is -0.633. The Kier molecular flexibility index (Phi) is 6.24. The maximum atomic E-state index is 13.0. The lowest BCUT2D eigenvalue weighted by Crippen LogP contribution is -2.28. The van der Waals surface area contributed by atoms with E-state index in [4.69, 9.17) is 4.74 Å². The van der Waals surface area contributed by atoms with Crippen LogP contribution >= 0.6 is 0 Å². The molecule has 0 radical (unpaired) electrons. The van der Waals surface area contributed by atoms with Crippen LogP contribution in [0.15, 0.2) is 48.7 Å². The van der Waals surface area contributed by atoms with E-state index in [2.05, 4.69) is 10.6 Å². The van der Waals surface area contributed by atoms with E-state index < -0.39 is 17.6 Å². The third-order valence-electron chi connectivity index (χ3n) is 5.41. The fourth-order valence-electron chi connectivity index (χ4n) is 3.85. The number of aromatic nitrogens is 1. The Bertz CT molecular complexity index is 1240. The Morgan fingerprint density at radius 2 is 2.00 bits per heavy atom. The van der Waals surface area contributed by atoms with E-state index in [0.29, 0.717) is 30.7 Å². The molecule has 0 saturated carbocycles. The fraction of sp³-hybridized carbons (Fsp3) is 0.250. The number of benzene rings is 2. The summed E-state index contributed by atoms with van der Waals surface area (Å²) in [7, 11) is 1.60. The lowest BCUT2D eigenvalue weighted by molar-refractivity contribution is -0.137. The molecule has 0 atom stereocenters. The number of amides is 2. The first-order valence-corrected chi connectivity index (χ1v) is 10.4. The second-order valence-electron chi connectivity index (χ2n) is 7.70. The second kappa shape index (κ2) is 9.11. The molecule has 3 aromatic rings. The van der Waals surface area contributed by atoms with Gasteiger partial charge in [0.05, 0.1) is 5.56 Å². The van der Waals surface area contributed by atoms with E-state index in [1.807, 2.05) is 24.3 Å². The highest BCUT2D eigenvalue weighted by Crippen LogP contribution is 2.39. The number of fused-ring (bicyclic) bond motifs is 2. The van der Waals surface area contributed by atoms with Crippen LogP contribution in [0.2, 0.25) is 0 Å². The highest BCUT2D eigenvalue weighted by atomic mass is 19.4. The van der Waals surface area contributed by atoms with Crippen LogP contribution in [0.4, 0.5) is 18.9 Å². The van der Waals surface area contributed by atoms with Crippen molar-refractivity contribution in [3.8, 4) is 0 Å². The lowest BCUT2D eigenvalue weighted by atomic mass is 10.0. The average molecular weight is 457 g/mol. The zero-order chi connectivity index (χ0) is 23.6. The van der Waals surface area contributed by atoms with Gasteiger partial charge in [-0.25, -0.2) is 0 Å². The number of halogens is 3. The van der Waals surface area contributed by atoms with E-state index in [0.717, 1.165) is 23.0 Å². The molecule has 1 aromatic heterocycles. The van der Waals surface area contributed by atoms with Gasteiger partial charge in [-0.3, -0.25) is 9.59 Å². The third-order valence-corrected chi connectivity index (χ3v) is 5.41. The van der Waals surface area contributed by atoms with Gasteiger partial charge in [0, 0.05) is 59.7 Å². The minimum absolute atomic E-state index is 0.0917. The van der Waals surface area contributed by atoms with Crippen molar-refractivity contribution < 1.29 is 27.5 Å². The molecular formula is C24H22F3N3O3. The fourth-order valence-corrected chi connectivity index (χ4v) is 3.85. The summed E-state index contributed by atoms with van der Waals surface area (Å²) in [6.45, 7) is 1.15. The first-order valence-electron chi connectivity index (χ1n) is 10.4. The number of ether oxygens (including phenoxy) is 1. The van der Waals surface area contributed by atoms with Gasteiger partial charge in [-0.2, -0.15) is 13.2 Å². The monoisotopic (exact) mass is 457 g/mol. The van der Waals surface area contributed by atoms with Gasteiger partial charge in [-0.05, 0) is 30.7 Å². The van der Waals surface area contributed by atoms with Gasteiger partial charge in [-0.15, -0.1) is 0 Å². The van der Waals surface area contributed by atoms with Crippen molar-refractivity contribution in [3.63, 3.8) is 0 Å². The summed E-state index contributed by atoms with van der Waals surface area (Å²) in [5.41, 5.74) is 1.47. The minimum atomic E-state index is -4.50. The summed E-state index contributed by atoms with van der Waals surface area (Å²) in [6.07, 6.45) is -0.383. The summed E-state index contributed by atoms with van der Waals surface area (Å²) in [5, 5.41) is 6.18. The quantitative estimate of drug-likeness (QED) is 0.410. The Morgan fingerprint density at radius 1 is 1.21 bits per heavy atom. The number of nitrogens with one attached hydrogen (secondary N) is 2. The summed E-state index contributed by atoms with van der Waals surface area (Å²) in [4.78, 5) is 24.9. The van der Waals surface area contributed by atoms with E-state index in [1.54, 1.807) is 23.9 Å². The number of anilines is 1. The first kappa shape index (κ1) is 22.6. The van der Waals surface area contributed by atoms with Crippen LogP contribution < -0.4 is 10.6 Å². The van der Waals surface area contributed by atoms with Crippen molar-refractivity contribution in [2.75, 3.05) is 25.6 Å². The van der Waals surface area contributed by atoms with Crippen molar-refractivity contribution in [2.45, 2.75) is 19.1 Å². The number of methoxy groups -OCH3 is 1. The zero-order valence-electron chi connectivity index (χ0n) is 17.8. The predicted molar refractivity (Wildman–Crippen MR) is 119 cm³/mol. The van der Waals surface area contributed by atoms with E-state index in [9.17, 15) is 22.8 Å². The molecule has 1 aliphatic heterocycles. The number of carbonyl (C=O) groups is 2. The minimum Gasteiger partial charge on any atom is -0.385 e. The second-order valence-corrected chi connectivity index (χ2v) is 7.70. The van der Waals surface area contributed by atoms with Crippen molar-refractivity contribution in [1.82, 2.24) is 9.88 Å². The number of para-hydroxylation sites is 1. The predicted octanol–water partition coefficient (Wildman–Crippen LogP) is 4.31. The molecule has 33 heavy (non-hydrogen) atoms. The van der Waals surface area contributed by atoms with Crippen LogP contribution in [0.3, 0.4) is 0 Å². The smallest absolute Gasteiger partial charge is 0.385 e. The van der Waals surface area contributed by atoms with Crippen molar-refractivity contribution in [2.24, 2.45) is 0 Å². The van der Waals surface area contributed by atoms with E-state index in [-0.39, 0.29) is 23.7 Å². The largest absolute Gasteiger partial charge is 0.416 e. The van der Waals surface area contributed by atoms with Crippen LogP contribution in [0.25, 0.3) is 22.6 Å². The maximum absolute atomic E-state index is 13.0. The molecule has 0 fully saturated rings. The third kappa shape index (κ3) is 4.78. The van der Waals surface area contributed by atoms with Gasteiger partial charge < -0.3 is 19.9 Å². The Morgan fingerprint density at radius 3 is 2.76 bits per heavy atom. The van der Waals surface area contributed by atoms with Crippen LogP contribution in [-0.4, -0.2) is 36.6 Å². The number of rotatable bonds is 7. The number of carbonyl (C=O) groups excluding carboxylic acids is 2. The number of hydrogen-bond acceptors (Lipinski definition) is 3. The Hall–Kier alpha value is -3.59. The van der Waals surface area contributed by atoms with Gasteiger partial charge >= 0.3 is 6.18 Å². The van der Waals surface area contributed by atoms with Crippen LogP contribution in [0.5, 0.6) is 0 Å². The van der Waals surface area contributed by atoms with Gasteiger partial charge in [0.15, 0.2) is 0 Å². The van der Waals surface area contributed by atoms with Crippen LogP contribution in [0, 0.1) is 0 Å². The van der Waals surface area contributed by atoms with Crippen molar-refractivity contribution in [3.05, 3.63) is 65.4 Å². The molecule has 2 heterocycles. The average Bonchev–Trinajstić information content (AvgIpc) is 3.28. The molecule has 0 aliphatic carbocycles. The summed E-state index contributed by atoms with van der Waals surface area (Å²) < 4.78 is 45.8. The molecule has 0 bridgehead atoms. The molecule has 9 heteroatoms. The van der Waals surface area contributed by atoms with Crippen molar-refractivity contribution in [1.29, 1.82) is 0 Å². The highest BCUT2D eigenvalue weighted by Gasteiger charge is 2.33. The molecule has 0 spiro atoms. The molecule has 0 unspecified atom stereocenters. The molecule has 172 valence electrons. The SMILES string of the molecule is COCCCNC(=O)Cn1cc(/C=C2/C(=O)Nc3cc(C(F)(F)F)ccc32)c2ccccc21. The Balaban J connectivity index is 1.65. The lowest BCUT2D eigenvalue weighted by Gasteiger charge is -2.08. The standard InChI is InChI=1S/C24H22F3N3O3/c1-33-10-4-9-28-22(31)14-30-13-15(17-5-2-3-6-21(17)30)11-19-18-8-7-16(24(25,26)27)12-20(18)29-23(19)32/h2-3,5-8,11-13H,4,9-10,14H2,1H3,(H,28,31)(H,29,32)/b19-11+. The van der Waals surface area contributed by atoms with Gasteiger partial charge in [0.25, 0.3) is 5.91 Å². The van der Waals surface area contributed by atoms with Crippen LogP contribution in [-0.2, 0) is 27.0 Å². The van der Waals surface area contributed by atoms with Gasteiger partial charge in [-0.1, -0.05) is 24.3 Å². The maximum Gasteiger partial charge on any atom is 0.416 e. The number of nitrogens with zero attached hydrogens (tertiary/aromatic N) is 1. The summed E-state index contributed by atoms with van der Waals surface area (Å²) >= 11 is 0. The molecule has 4 rings (SSSR count). The molecular weight excluding hydrogens is 435 g/mol. The number of hydrogen-bond donors (Lipinski definition) is 2. The molecule has 2 N–H and O–H groups in total. The van der Waals surface area contributed by atoms with Crippen LogP contribution in [0.1, 0.15) is 23.1 Å². The van der Waals surface area contributed by atoms with Gasteiger partial charge in [0.2, 0.25) is 5.91 Å². The molecule has 2 aromatic carbocycles. The molecule has 6 nitrogen and oxygen atoms in total. The highest BCUT2D eigenvalue weighted by molar-refractivity contribution is 6.35. The summed E-state index contributed by atoms with van der Waals surface area (Å²) in [6, 6.07) is 10.6. The molecule has 2 amide bonds.